The minimum absolute atomic E-state index is 0.0308. The predicted octanol–water partition coefficient (Wildman–Crippen LogP) is 4.89. The van der Waals surface area contributed by atoms with Crippen LogP contribution < -0.4 is 4.90 Å². The third kappa shape index (κ3) is 3.23. The average Bonchev–Trinajstić information content (AvgIpc) is 2.88. The van der Waals surface area contributed by atoms with Gasteiger partial charge in [0.1, 0.15) is 11.5 Å². The summed E-state index contributed by atoms with van der Waals surface area (Å²) in [6.07, 6.45) is 3.57. The maximum Gasteiger partial charge on any atom is 0.283 e. The van der Waals surface area contributed by atoms with Crippen molar-refractivity contribution in [3.05, 3.63) is 70.1 Å². The van der Waals surface area contributed by atoms with Crippen LogP contribution in [0, 0.1) is 12.7 Å². The van der Waals surface area contributed by atoms with Crippen LogP contribution in [0.5, 0.6) is 0 Å². The molecule has 0 saturated heterocycles. The van der Waals surface area contributed by atoms with Crippen LogP contribution in [0.1, 0.15) is 11.1 Å². The number of anilines is 1. The van der Waals surface area contributed by atoms with Crippen LogP contribution in [-0.2, 0) is 4.79 Å². The highest BCUT2D eigenvalue weighted by Gasteiger charge is 2.31. The maximum atomic E-state index is 13.4. The fourth-order valence-corrected chi connectivity index (χ4v) is 3.04. The van der Waals surface area contributed by atoms with Gasteiger partial charge in [-0.05, 0) is 43.0 Å². The normalized spacial score (nSPS) is 16.0. The lowest BCUT2D eigenvalue weighted by Gasteiger charge is -2.17. The van der Waals surface area contributed by atoms with E-state index in [9.17, 15) is 9.18 Å². The van der Waals surface area contributed by atoms with Gasteiger partial charge in [-0.2, -0.15) is 0 Å². The molecular weight excluding hydrogens is 347 g/mol. The highest BCUT2D eigenvalue weighted by atomic mass is 35.5. The number of carbonyl (C=O) groups excluding carboxylic acids is 1. The number of hydrogen-bond acceptors (Lipinski definition) is 3. The van der Waals surface area contributed by atoms with Crippen molar-refractivity contribution in [1.29, 1.82) is 0 Å². The van der Waals surface area contributed by atoms with E-state index in [1.165, 1.54) is 34.9 Å². The van der Waals surface area contributed by atoms with E-state index in [2.05, 4.69) is 4.99 Å². The summed E-state index contributed by atoms with van der Waals surface area (Å²) in [7, 11) is 0. The Morgan fingerprint density at radius 3 is 2.54 bits per heavy atom. The summed E-state index contributed by atoms with van der Waals surface area (Å²) in [6, 6.07) is 12.0. The Labute approximate surface area is 148 Å². The lowest BCUT2D eigenvalue weighted by molar-refractivity contribution is -0.113. The van der Waals surface area contributed by atoms with Crippen LogP contribution in [0.4, 0.5) is 10.1 Å². The second-order valence-electron chi connectivity index (χ2n) is 5.28. The van der Waals surface area contributed by atoms with Crippen molar-refractivity contribution in [3.63, 3.8) is 0 Å². The summed E-state index contributed by atoms with van der Waals surface area (Å²) in [5, 5.41) is 0.498. The van der Waals surface area contributed by atoms with Gasteiger partial charge in [0, 0.05) is 0 Å². The zero-order valence-electron chi connectivity index (χ0n) is 13.1. The van der Waals surface area contributed by atoms with E-state index in [0.29, 0.717) is 16.6 Å². The minimum atomic E-state index is -0.523. The summed E-state index contributed by atoms with van der Waals surface area (Å²) >= 11 is 7.18. The van der Waals surface area contributed by atoms with Crippen molar-refractivity contribution in [2.24, 2.45) is 4.99 Å². The maximum absolute atomic E-state index is 13.4. The fourth-order valence-electron chi connectivity index (χ4n) is 2.31. The number of benzene rings is 2. The van der Waals surface area contributed by atoms with Gasteiger partial charge in [-0.1, -0.05) is 53.2 Å². The summed E-state index contributed by atoms with van der Waals surface area (Å²) in [5.41, 5.74) is 2.87. The number of hydrogen-bond donors (Lipinski definition) is 0. The molecule has 1 heterocycles. The van der Waals surface area contributed by atoms with E-state index in [-0.39, 0.29) is 10.9 Å². The summed E-state index contributed by atoms with van der Waals surface area (Å²) < 4.78 is 13.4. The second kappa shape index (κ2) is 6.79. The van der Waals surface area contributed by atoms with Crippen molar-refractivity contribution in [3.8, 4) is 0 Å². The first kappa shape index (κ1) is 16.7. The molecule has 3 nitrogen and oxygen atoms in total. The Morgan fingerprint density at radius 2 is 1.92 bits per heavy atom. The minimum Gasteiger partial charge on any atom is -0.266 e. The molecule has 0 N–H and O–H groups in total. The van der Waals surface area contributed by atoms with Gasteiger partial charge in [0.05, 0.1) is 10.7 Å². The average molecular weight is 361 g/mol. The Bertz CT molecular complexity index is 862. The third-order valence-corrected chi connectivity index (χ3v) is 4.48. The molecule has 2 aromatic rings. The summed E-state index contributed by atoms with van der Waals surface area (Å²) in [5.74, 6) is -0.785. The highest BCUT2D eigenvalue weighted by molar-refractivity contribution is 8.13. The van der Waals surface area contributed by atoms with Crippen LogP contribution in [-0.4, -0.2) is 17.3 Å². The standard InChI is InChI=1S/C18H14ClFN2OS/c1-11-3-5-12(6-4-11)9-16-17(23)22(18(21-16)24-2)13-7-8-15(20)14(19)10-13/h3-10H,1-2H3. The number of amidine groups is 1. The Kier molecular flexibility index (Phi) is 4.73. The molecule has 24 heavy (non-hydrogen) atoms. The van der Waals surface area contributed by atoms with Crippen LogP contribution in [0.3, 0.4) is 0 Å². The number of amides is 1. The van der Waals surface area contributed by atoms with E-state index in [0.717, 1.165) is 11.1 Å². The molecule has 0 saturated carbocycles. The van der Waals surface area contributed by atoms with Crippen LogP contribution in [0.25, 0.3) is 6.08 Å². The number of halogens is 2. The van der Waals surface area contributed by atoms with Crippen LogP contribution >= 0.6 is 23.4 Å². The van der Waals surface area contributed by atoms with E-state index < -0.39 is 5.82 Å². The molecule has 0 radical (unpaired) electrons. The van der Waals surface area contributed by atoms with Crippen molar-refractivity contribution in [2.45, 2.75) is 6.92 Å². The summed E-state index contributed by atoms with van der Waals surface area (Å²) in [6.45, 7) is 2.00. The van der Waals surface area contributed by atoms with Gasteiger partial charge >= 0.3 is 0 Å². The van der Waals surface area contributed by atoms with Gasteiger partial charge in [0.15, 0.2) is 5.17 Å². The van der Waals surface area contributed by atoms with E-state index in [1.54, 1.807) is 6.08 Å². The number of nitrogens with zero attached hydrogens (tertiary/aromatic N) is 2. The molecule has 0 spiro atoms. The Morgan fingerprint density at radius 1 is 1.21 bits per heavy atom. The number of carbonyl (C=O) groups is 1. The van der Waals surface area contributed by atoms with E-state index >= 15 is 0 Å². The molecular formula is C18H14ClFN2OS. The largest absolute Gasteiger partial charge is 0.283 e. The highest BCUT2D eigenvalue weighted by Crippen LogP contribution is 2.31. The van der Waals surface area contributed by atoms with Crippen LogP contribution in [0.2, 0.25) is 5.02 Å². The Hall–Kier alpha value is -2.11. The van der Waals surface area contributed by atoms with Crippen molar-refractivity contribution >= 4 is 46.2 Å². The number of aryl methyl sites for hydroxylation is 1. The zero-order valence-corrected chi connectivity index (χ0v) is 14.7. The smallest absolute Gasteiger partial charge is 0.266 e. The van der Waals surface area contributed by atoms with E-state index in [4.69, 9.17) is 11.6 Å². The van der Waals surface area contributed by atoms with Crippen molar-refractivity contribution in [1.82, 2.24) is 0 Å². The molecule has 2 aromatic carbocycles. The fraction of sp³-hybridized carbons (Fsp3) is 0.111. The van der Waals surface area contributed by atoms with Gasteiger partial charge in [-0.15, -0.1) is 0 Å². The van der Waals surface area contributed by atoms with Crippen LogP contribution in [0.15, 0.2) is 53.2 Å². The molecule has 1 aliphatic rings. The first-order valence-electron chi connectivity index (χ1n) is 7.20. The molecule has 3 rings (SSSR count). The van der Waals surface area contributed by atoms with Gasteiger partial charge < -0.3 is 0 Å². The molecule has 0 unspecified atom stereocenters. The monoisotopic (exact) mass is 360 g/mol. The third-order valence-electron chi connectivity index (χ3n) is 3.55. The van der Waals surface area contributed by atoms with E-state index in [1.807, 2.05) is 37.4 Å². The van der Waals surface area contributed by atoms with Gasteiger partial charge in [-0.25, -0.2) is 9.38 Å². The SMILES string of the molecule is CSC1=NC(=Cc2ccc(C)cc2)C(=O)N1c1ccc(F)c(Cl)c1. The lowest BCUT2D eigenvalue weighted by Crippen LogP contribution is -2.30. The molecule has 0 aromatic heterocycles. The van der Waals surface area contributed by atoms with Gasteiger partial charge in [-0.3, -0.25) is 9.69 Å². The molecule has 0 atom stereocenters. The molecule has 122 valence electrons. The topological polar surface area (TPSA) is 32.7 Å². The second-order valence-corrected chi connectivity index (χ2v) is 6.46. The Balaban J connectivity index is 1.98. The molecule has 0 bridgehead atoms. The molecule has 1 amide bonds. The van der Waals surface area contributed by atoms with Crippen molar-refractivity contribution in [2.75, 3.05) is 11.2 Å². The quantitative estimate of drug-likeness (QED) is 0.714. The number of thioether (sulfide) groups is 1. The molecule has 0 fully saturated rings. The van der Waals surface area contributed by atoms with Gasteiger partial charge in [0.25, 0.3) is 5.91 Å². The number of aliphatic imine (C=N–C) groups is 1. The number of rotatable bonds is 2. The first-order chi connectivity index (χ1) is 11.5. The molecule has 0 aliphatic carbocycles. The lowest BCUT2D eigenvalue weighted by atomic mass is 10.1. The molecule has 1 aliphatic heterocycles. The predicted molar refractivity (Wildman–Crippen MR) is 99.0 cm³/mol. The van der Waals surface area contributed by atoms with Crippen molar-refractivity contribution < 1.29 is 9.18 Å². The summed E-state index contributed by atoms with van der Waals surface area (Å²) in [4.78, 5) is 18.6. The van der Waals surface area contributed by atoms with Gasteiger partial charge in [0.2, 0.25) is 0 Å². The zero-order chi connectivity index (χ0) is 17.3. The molecule has 6 heteroatoms. The first-order valence-corrected chi connectivity index (χ1v) is 8.80.